The van der Waals surface area contributed by atoms with Crippen molar-refractivity contribution >= 4 is 27.4 Å². The number of aryl methyl sites for hydroxylation is 1. The van der Waals surface area contributed by atoms with Gasteiger partial charge >= 0.3 is 0 Å². The van der Waals surface area contributed by atoms with E-state index in [1.54, 1.807) is 17.9 Å². The lowest BCUT2D eigenvalue weighted by atomic mass is 10.4. The highest BCUT2D eigenvalue weighted by Crippen LogP contribution is 2.21. The molecule has 11 heteroatoms. The second-order valence-electron chi connectivity index (χ2n) is 4.15. The Kier molecular flexibility index (Phi) is 4.73. The van der Waals surface area contributed by atoms with Crippen molar-refractivity contribution in [3.8, 4) is 0 Å². The average Bonchev–Trinajstić information content (AvgIpc) is 2.84. The Hall–Kier alpha value is -1.75. The summed E-state index contributed by atoms with van der Waals surface area (Å²) < 4.78 is 28.3. The fourth-order valence-corrected chi connectivity index (χ4v) is 2.88. The largest absolute Gasteiger partial charge is 0.321 e. The molecule has 114 valence electrons. The maximum Gasteiger partial charge on any atom is 0.242 e. The molecule has 9 nitrogen and oxygen atoms in total. The molecule has 2 heterocycles. The first kappa shape index (κ1) is 15.6. The highest BCUT2D eigenvalue weighted by Gasteiger charge is 2.16. The number of hydrogen-bond donors (Lipinski definition) is 3. The number of pyridine rings is 1. The number of nitrogen functional groups attached to an aromatic ring is 1. The zero-order chi connectivity index (χ0) is 15.5. The van der Waals surface area contributed by atoms with Crippen molar-refractivity contribution in [3.63, 3.8) is 0 Å². The lowest BCUT2D eigenvalue weighted by Crippen LogP contribution is -2.27. The number of halogens is 1. The van der Waals surface area contributed by atoms with E-state index >= 15 is 0 Å². The number of aromatic nitrogens is 4. The van der Waals surface area contributed by atoms with Crippen molar-refractivity contribution in [2.24, 2.45) is 12.9 Å². The molecule has 0 saturated carbocycles. The molecule has 21 heavy (non-hydrogen) atoms. The summed E-state index contributed by atoms with van der Waals surface area (Å²) in [5.74, 6) is 6.06. The van der Waals surface area contributed by atoms with Crippen LogP contribution in [-0.2, 0) is 23.5 Å². The van der Waals surface area contributed by atoms with E-state index in [1.165, 1.54) is 12.3 Å². The van der Waals surface area contributed by atoms with Gasteiger partial charge in [-0.05, 0) is 6.07 Å². The van der Waals surface area contributed by atoms with Gasteiger partial charge in [-0.1, -0.05) is 11.6 Å². The van der Waals surface area contributed by atoms with E-state index in [0.29, 0.717) is 12.2 Å². The number of sulfonamides is 1. The van der Waals surface area contributed by atoms with E-state index in [-0.39, 0.29) is 22.3 Å². The summed E-state index contributed by atoms with van der Waals surface area (Å²) in [6.07, 6.45) is 3.14. The van der Waals surface area contributed by atoms with Crippen molar-refractivity contribution in [3.05, 3.63) is 29.4 Å². The molecule has 0 amide bonds. The van der Waals surface area contributed by atoms with Crippen LogP contribution in [0.25, 0.3) is 0 Å². The van der Waals surface area contributed by atoms with Gasteiger partial charge in [-0.3, -0.25) is 0 Å². The Bertz CT molecular complexity index is 731. The molecule has 0 atom stereocenters. The molecule has 0 spiro atoms. The third-order valence-corrected chi connectivity index (χ3v) is 4.43. The third-order valence-electron chi connectivity index (χ3n) is 2.71. The van der Waals surface area contributed by atoms with Crippen molar-refractivity contribution in [1.29, 1.82) is 0 Å². The van der Waals surface area contributed by atoms with Crippen LogP contribution in [0.5, 0.6) is 0 Å². The maximum absolute atomic E-state index is 12.1. The summed E-state index contributed by atoms with van der Waals surface area (Å²) in [7, 11) is -1.91. The number of nitrogens with one attached hydrogen (secondary N) is 2. The molecular formula is C10H14ClN7O2S. The first-order valence-corrected chi connectivity index (χ1v) is 7.75. The van der Waals surface area contributed by atoms with E-state index in [4.69, 9.17) is 17.4 Å². The second-order valence-corrected chi connectivity index (χ2v) is 6.33. The van der Waals surface area contributed by atoms with Crippen molar-refractivity contribution < 1.29 is 8.42 Å². The number of nitrogens with zero attached hydrogens (tertiary/aromatic N) is 4. The van der Waals surface area contributed by atoms with Crippen LogP contribution in [0.4, 0.5) is 5.82 Å². The van der Waals surface area contributed by atoms with Crippen molar-refractivity contribution in [1.82, 2.24) is 24.5 Å². The van der Waals surface area contributed by atoms with E-state index < -0.39 is 10.0 Å². The molecule has 0 bridgehead atoms. The summed E-state index contributed by atoms with van der Waals surface area (Å²) in [5, 5.41) is 7.70. The minimum Gasteiger partial charge on any atom is -0.321 e. The minimum atomic E-state index is -3.70. The zero-order valence-electron chi connectivity index (χ0n) is 11.1. The minimum absolute atomic E-state index is 0.0375. The van der Waals surface area contributed by atoms with E-state index in [1.807, 2.05) is 0 Å². The topological polar surface area (TPSA) is 128 Å². The molecule has 2 aromatic heterocycles. The van der Waals surface area contributed by atoms with Gasteiger partial charge in [-0.25, -0.2) is 24.0 Å². The van der Waals surface area contributed by atoms with Gasteiger partial charge in [-0.15, -0.1) is 10.2 Å². The monoisotopic (exact) mass is 331 g/mol. The Balaban J connectivity index is 2.05. The normalized spacial score (nSPS) is 11.6. The smallest absolute Gasteiger partial charge is 0.242 e. The van der Waals surface area contributed by atoms with Gasteiger partial charge in [-0.2, -0.15) is 0 Å². The van der Waals surface area contributed by atoms with Crippen LogP contribution < -0.4 is 16.0 Å². The predicted molar refractivity (Wildman–Crippen MR) is 77.0 cm³/mol. The van der Waals surface area contributed by atoms with E-state index in [0.717, 1.165) is 0 Å². The van der Waals surface area contributed by atoms with E-state index in [2.05, 4.69) is 25.3 Å². The zero-order valence-corrected chi connectivity index (χ0v) is 12.7. The molecule has 0 aromatic carbocycles. The van der Waals surface area contributed by atoms with Gasteiger partial charge in [0, 0.05) is 26.2 Å². The Morgan fingerprint density at radius 3 is 2.81 bits per heavy atom. The first-order valence-electron chi connectivity index (χ1n) is 5.89. The van der Waals surface area contributed by atoms with Gasteiger partial charge in [0.15, 0.2) is 5.82 Å². The molecule has 2 aromatic rings. The average molecular weight is 332 g/mol. The highest BCUT2D eigenvalue weighted by atomic mass is 35.5. The fraction of sp³-hybridized carbons (Fsp3) is 0.300. The highest BCUT2D eigenvalue weighted by molar-refractivity contribution is 7.89. The van der Waals surface area contributed by atoms with Gasteiger partial charge in [0.25, 0.3) is 0 Å². The predicted octanol–water partition coefficient (Wildman–Crippen LogP) is -0.330. The molecule has 0 aliphatic carbocycles. The SMILES string of the molecule is Cn1cnnc1CCNS(=O)(=O)c1cnc(NN)c(Cl)c1. The number of hydrazine groups is 1. The molecule has 0 saturated heterocycles. The van der Waals surface area contributed by atoms with Crippen LogP contribution in [0.15, 0.2) is 23.5 Å². The Morgan fingerprint density at radius 1 is 1.48 bits per heavy atom. The number of anilines is 1. The van der Waals surface area contributed by atoms with Crippen LogP contribution in [0.1, 0.15) is 5.82 Å². The van der Waals surface area contributed by atoms with Crippen LogP contribution >= 0.6 is 11.6 Å². The number of hydrogen-bond acceptors (Lipinski definition) is 7. The van der Waals surface area contributed by atoms with Crippen LogP contribution in [0.3, 0.4) is 0 Å². The van der Waals surface area contributed by atoms with E-state index in [9.17, 15) is 8.42 Å². The summed E-state index contributed by atoms with van der Waals surface area (Å²) in [6.45, 7) is 0.184. The van der Waals surface area contributed by atoms with Gasteiger partial charge in [0.05, 0.1) is 5.02 Å². The van der Waals surface area contributed by atoms with Crippen LogP contribution in [0, 0.1) is 0 Å². The molecule has 0 fully saturated rings. The molecule has 0 aliphatic heterocycles. The van der Waals surface area contributed by atoms with Gasteiger partial charge in [0.1, 0.15) is 17.0 Å². The standard InChI is InChI=1S/C10H14ClN7O2S/c1-18-6-14-17-9(18)2-3-15-21(19,20)7-4-8(11)10(16-12)13-5-7/h4-6,15H,2-3,12H2,1H3,(H,13,16). The van der Waals surface area contributed by atoms with Crippen molar-refractivity contribution in [2.75, 3.05) is 12.0 Å². The molecular weight excluding hydrogens is 318 g/mol. The van der Waals surface area contributed by atoms with Gasteiger partial charge < -0.3 is 9.99 Å². The second kappa shape index (κ2) is 6.35. The number of rotatable bonds is 6. The lowest BCUT2D eigenvalue weighted by Gasteiger charge is -2.08. The molecule has 0 radical (unpaired) electrons. The summed E-state index contributed by atoms with van der Waals surface area (Å²) in [4.78, 5) is 3.78. The quantitative estimate of drug-likeness (QED) is 0.488. The summed E-state index contributed by atoms with van der Waals surface area (Å²) in [5.41, 5.74) is 2.27. The van der Waals surface area contributed by atoms with Crippen LogP contribution in [0.2, 0.25) is 5.02 Å². The molecule has 2 rings (SSSR count). The Labute approximate surface area is 126 Å². The lowest BCUT2D eigenvalue weighted by molar-refractivity contribution is 0.579. The summed E-state index contributed by atoms with van der Waals surface area (Å²) >= 11 is 5.85. The van der Waals surface area contributed by atoms with Crippen LogP contribution in [-0.4, -0.2) is 34.7 Å². The third kappa shape index (κ3) is 3.67. The fourth-order valence-electron chi connectivity index (χ4n) is 1.59. The molecule has 4 N–H and O–H groups in total. The number of nitrogens with two attached hydrogens (primary N) is 1. The summed E-state index contributed by atoms with van der Waals surface area (Å²) in [6, 6.07) is 1.27. The maximum atomic E-state index is 12.1. The molecule has 0 aliphatic rings. The van der Waals surface area contributed by atoms with Crippen molar-refractivity contribution in [2.45, 2.75) is 11.3 Å². The molecule has 0 unspecified atom stereocenters. The first-order chi connectivity index (χ1) is 9.94. The Morgan fingerprint density at radius 2 is 2.24 bits per heavy atom. The van der Waals surface area contributed by atoms with Gasteiger partial charge in [0.2, 0.25) is 10.0 Å².